The molecule has 1 unspecified atom stereocenters. The molecule has 37 heavy (non-hydrogen) atoms. The first-order valence-electron chi connectivity index (χ1n) is 12.9. The molecule has 0 radical (unpaired) electrons. The van der Waals surface area contributed by atoms with Crippen LogP contribution in [0.2, 0.25) is 0 Å². The minimum Gasteiger partial charge on any atom is -0.493 e. The van der Waals surface area contributed by atoms with Crippen molar-refractivity contribution in [3.05, 3.63) is 70.9 Å². The lowest BCUT2D eigenvalue weighted by Crippen LogP contribution is -2.40. The van der Waals surface area contributed by atoms with E-state index in [-0.39, 0.29) is 24.5 Å². The number of benzene rings is 2. The highest BCUT2D eigenvalue weighted by Crippen LogP contribution is 2.32. The summed E-state index contributed by atoms with van der Waals surface area (Å²) in [7, 11) is 3.30. The third-order valence-corrected chi connectivity index (χ3v) is 6.65. The first-order chi connectivity index (χ1) is 18.0. The Morgan fingerprint density at radius 1 is 1.22 bits per heavy atom. The number of rotatable bonds is 12. The fourth-order valence-electron chi connectivity index (χ4n) is 4.51. The van der Waals surface area contributed by atoms with Crippen molar-refractivity contribution in [3.8, 4) is 11.5 Å². The maximum atomic E-state index is 12.7. The van der Waals surface area contributed by atoms with Gasteiger partial charge in [0.05, 0.1) is 19.8 Å². The number of hydrogen-bond acceptors (Lipinski definition) is 7. The number of methoxy groups -OCH3 is 1. The molecule has 1 aliphatic heterocycles. The van der Waals surface area contributed by atoms with Crippen LogP contribution < -0.4 is 20.1 Å². The Hall–Kier alpha value is -3.36. The van der Waals surface area contributed by atoms with Crippen LogP contribution in [0.1, 0.15) is 36.5 Å². The number of allylic oxidation sites excluding steroid dienone is 1. The Balaban J connectivity index is 1.36. The summed E-state index contributed by atoms with van der Waals surface area (Å²) in [6.07, 6.45) is 3.93. The van der Waals surface area contributed by atoms with E-state index in [9.17, 15) is 4.79 Å². The molecule has 0 spiro atoms. The average molecular weight is 507 g/mol. The summed E-state index contributed by atoms with van der Waals surface area (Å²) in [5.41, 5.74) is 4.03. The number of carbonyl (C=O) groups excluding carboxylic acids is 1. The van der Waals surface area contributed by atoms with Gasteiger partial charge in [0.1, 0.15) is 12.3 Å². The first kappa shape index (κ1) is 26.7. The van der Waals surface area contributed by atoms with Crippen molar-refractivity contribution in [2.24, 2.45) is 5.92 Å². The van der Waals surface area contributed by atoms with Crippen molar-refractivity contribution in [1.29, 1.82) is 5.41 Å². The lowest BCUT2D eigenvalue weighted by molar-refractivity contribution is -0.118. The van der Waals surface area contributed by atoms with E-state index in [4.69, 9.17) is 19.6 Å². The lowest BCUT2D eigenvalue weighted by atomic mass is 10.1. The summed E-state index contributed by atoms with van der Waals surface area (Å²) in [6, 6.07) is 14.1. The minimum atomic E-state index is -0.257. The fraction of sp³-hybridized carbons (Fsp3) is 0.448. The Kier molecular flexibility index (Phi) is 9.19. The molecule has 8 nitrogen and oxygen atoms in total. The zero-order chi connectivity index (χ0) is 26.2. The number of amides is 1. The van der Waals surface area contributed by atoms with E-state index in [1.807, 2.05) is 18.2 Å². The zero-order valence-corrected chi connectivity index (χ0v) is 22.0. The van der Waals surface area contributed by atoms with Gasteiger partial charge in [0.15, 0.2) is 11.5 Å². The van der Waals surface area contributed by atoms with Gasteiger partial charge >= 0.3 is 0 Å². The normalized spacial score (nSPS) is 18.2. The van der Waals surface area contributed by atoms with Crippen molar-refractivity contribution in [2.75, 3.05) is 33.9 Å². The minimum absolute atomic E-state index is 0.257. The molecule has 8 heteroatoms. The lowest BCUT2D eigenvalue weighted by Gasteiger charge is -2.31. The number of hydrogen-bond donors (Lipinski definition) is 3. The summed E-state index contributed by atoms with van der Waals surface area (Å²) in [5, 5.41) is 13.9. The smallest absolute Gasteiger partial charge is 0.267 e. The maximum absolute atomic E-state index is 12.7. The monoisotopic (exact) mass is 506 g/mol. The molecule has 0 aromatic heterocycles. The van der Waals surface area contributed by atoms with Crippen molar-refractivity contribution in [1.82, 2.24) is 15.5 Å². The van der Waals surface area contributed by atoms with Gasteiger partial charge in [-0.1, -0.05) is 36.4 Å². The second kappa shape index (κ2) is 12.7. The predicted octanol–water partition coefficient (Wildman–Crippen LogP) is 3.64. The van der Waals surface area contributed by atoms with Crippen LogP contribution in [0.4, 0.5) is 0 Å². The molecule has 1 atom stereocenters. The van der Waals surface area contributed by atoms with E-state index in [0.717, 1.165) is 50.2 Å². The predicted molar refractivity (Wildman–Crippen MR) is 144 cm³/mol. The third-order valence-electron chi connectivity index (χ3n) is 6.65. The largest absolute Gasteiger partial charge is 0.493 e. The summed E-state index contributed by atoms with van der Waals surface area (Å²) in [5.74, 6) is 1.25. The van der Waals surface area contributed by atoms with Crippen LogP contribution >= 0.6 is 0 Å². The molecular formula is C29H38N4O4. The molecule has 2 fully saturated rings. The van der Waals surface area contributed by atoms with Crippen molar-refractivity contribution >= 4 is 11.6 Å². The van der Waals surface area contributed by atoms with Crippen molar-refractivity contribution in [3.63, 3.8) is 0 Å². The number of ether oxygens (including phenoxy) is 3. The molecule has 1 saturated carbocycles. The van der Waals surface area contributed by atoms with Crippen LogP contribution in [-0.4, -0.2) is 56.5 Å². The first-order valence-corrected chi connectivity index (χ1v) is 12.9. The second-order valence-corrected chi connectivity index (χ2v) is 9.69. The van der Waals surface area contributed by atoms with Gasteiger partial charge in [-0.15, -0.1) is 0 Å². The number of nitrogens with one attached hydrogen (secondary N) is 3. The molecule has 1 heterocycles. The van der Waals surface area contributed by atoms with E-state index in [2.05, 4.69) is 46.7 Å². The number of para-hydroxylation sites is 1. The van der Waals surface area contributed by atoms with Crippen LogP contribution in [-0.2, 0) is 29.2 Å². The highest BCUT2D eigenvalue weighted by atomic mass is 16.5. The van der Waals surface area contributed by atoms with Gasteiger partial charge in [-0.25, -0.2) is 0 Å². The zero-order valence-electron chi connectivity index (χ0n) is 22.0. The average Bonchev–Trinajstić information content (AvgIpc) is 3.75. The Labute approximate surface area is 219 Å². The Bertz CT molecular complexity index is 1130. The number of likely N-dealkylation sites (N-methyl/N-ethyl adjacent to an activating group) is 1. The van der Waals surface area contributed by atoms with E-state index < -0.39 is 0 Å². The van der Waals surface area contributed by atoms with E-state index in [1.54, 1.807) is 20.2 Å². The van der Waals surface area contributed by atoms with Gasteiger partial charge < -0.3 is 30.3 Å². The standard InChI is InChI=1S/C29H38N4O4/c1-20-17-33(12-13-36-20)18-21-6-4-7-22(14-21)19-37-27-9-5-8-24(28(27)35-3)16-32-29(34)26(31-2)15-25(30)23-10-11-23/h4-9,14-15,20,23,30-31H,10-13,16-19H2,1-3H3,(H,32,34)/b26-15-,30-25?. The topological polar surface area (TPSA) is 95.9 Å². The summed E-state index contributed by atoms with van der Waals surface area (Å²) in [4.78, 5) is 15.1. The summed E-state index contributed by atoms with van der Waals surface area (Å²) >= 11 is 0. The molecule has 2 aromatic rings. The molecule has 3 N–H and O–H groups in total. The maximum Gasteiger partial charge on any atom is 0.267 e. The van der Waals surface area contributed by atoms with Crippen molar-refractivity contribution < 1.29 is 19.0 Å². The van der Waals surface area contributed by atoms with Crippen LogP contribution in [0.3, 0.4) is 0 Å². The van der Waals surface area contributed by atoms with Gasteiger partial charge in [0, 0.05) is 50.4 Å². The molecule has 1 saturated heterocycles. The number of carbonyl (C=O) groups is 1. The van der Waals surface area contributed by atoms with Gasteiger partial charge in [-0.2, -0.15) is 0 Å². The van der Waals surface area contributed by atoms with Gasteiger partial charge in [0.25, 0.3) is 5.91 Å². The van der Waals surface area contributed by atoms with Crippen LogP contribution in [0, 0.1) is 11.3 Å². The van der Waals surface area contributed by atoms with E-state index in [1.165, 1.54) is 5.56 Å². The van der Waals surface area contributed by atoms with Crippen LogP contribution in [0.5, 0.6) is 11.5 Å². The highest BCUT2D eigenvalue weighted by molar-refractivity contribution is 6.04. The molecule has 1 aliphatic carbocycles. The Morgan fingerprint density at radius 2 is 2.00 bits per heavy atom. The Morgan fingerprint density at radius 3 is 2.73 bits per heavy atom. The second-order valence-electron chi connectivity index (χ2n) is 9.69. The molecular weight excluding hydrogens is 468 g/mol. The molecule has 1 amide bonds. The quantitative estimate of drug-likeness (QED) is 0.301. The van der Waals surface area contributed by atoms with Gasteiger partial charge in [0.2, 0.25) is 0 Å². The molecule has 0 bridgehead atoms. The highest BCUT2D eigenvalue weighted by Gasteiger charge is 2.26. The number of nitrogens with zero attached hydrogens (tertiary/aromatic N) is 1. The fourth-order valence-corrected chi connectivity index (χ4v) is 4.51. The number of morpholine rings is 1. The van der Waals surface area contributed by atoms with E-state index >= 15 is 0 Å². The summed E-state index contributed by atoms with van der Waals surface area (Å²) in [6.45, 7) is 6.36. The molecule has 2 aliphatic rings. The van der Waals surface area contributed by atoms with Gasteiger partial charge in [-0.3, -0.25) is 9.69 Å². The SMILES string of the molecule is CN/C(=C\C(=N)C1CC1)C(=O)NCc1cccc(OCc2cccc(CN3CCOC(C)C3)c2)c1OC. The van der Waals surface area contributed by atoms with Gasteiger partial charge in [-0.05, 0) is 43.0 Å². The van der Waals surface area contributed by atoms with Crippen LogP contribution in [0.15, 0.2) is 54.2 Å². The molecule has 2 aromatic carbocycles. The third kappa shape index (κ3) is 7.57. The van der Waals surface area contributed by atoms with Crippen LogP contribution in [0.25, 0.3) is 0 Å². The van der Waals surface area contributed by atoms with E-state index in [0.29, 0.717) is 29.5 Å². The summed E-state index contributed by atoms with van der Waals surface area (Å²) < 4.78 is 17.5. The molecule has 198 valence electrons. The van der Waals surface area contributed by atoms with Crippen molar-refractivity contribution in [2.45, 2.75) is 45.6 Å². The molecule has 4 rings (SSSR count).